The highest BCUT2D eigenvalue weighted by atomic mass is 79.9. The van der Waals surface area contributed by atoms with Gasteiger partial charge in [0.2, 0.25) is 0 Å². The molecule has 12 nitrogen and oxygen atoms in total. The van der Waals surface area contributed by atoms with E-state index in [1.807, 2.05) is 0 Å². The Morgan fingerprint density at radius 3 is 2.47 bits per heavy atom. The largest absolute Gasteiger partial charge is 0.485 e. The molecule has 188 valence electrons. The van der Waals surface area contributed by atoms with Crippen LogP contribution >= 0.6 is 39.5 Å². The van der Waals surface area contributed by atoms with Crippen molar-refractivity contribution >= 4 is 51.4 Å². The Balaban J connectivity index is 2.24. The summed E-state index contributed by atoms with van der Waals surface area (Å²) in [7, 11) is -0.627. The molecule has 34 heavy (non-hydrogen) atoms. The van der Waals surface area contributed by atoms with Gasteiger partial charge in [0.25, 0.3) is 0 Å². The third-order valence-electron chi connectivity index (χ3n) is 4.61. The Labute approximate surface area is 213 Å². The van der Waals surface area contributed by atoms with Gasteiger partial charge in [-0.2, -0.15) is 0 Å². The van der Waals surface area contributed by atoms with Crippen LogP contribution in [0.15, 0.2) is 24.4 Å². The number of alkyl halides is 2. The molecule has 1 aromatic carbocycles. The second kappa shape index (κ2) is 13.3. The summed E-state index contributed by atoms with van der Waals surface area (Å²) in [6, 6.07) is 4.78. The number of rotatable bonds is 14. The van der Waals surface area contributed by atoms with Crippen LogP contribution in [0, 0.1) is 10.1 Å². The lowest BCUT2D eigenvalue weighted by atomic mass is 10.1. The monoisotopic (exact) mass is 625 g/mol. The highest BCUT2D eigenvalue weighted by Gasteiger charge is 2.27. The third-order valence-corrected chi connectivity index (χ3v) is 7.30. The summed E-state index contributed by atoms with van der Waals surface area (Å²) in [5.74, 6) is -0.748. The van der Waals surface area contributed by atoms with Gasteiger partial charge in [-0.15, -0.1) is 0 Å². The van der Waals surface area contributed by atoms with Crippen LogP contribution in [0.2, 0.25) is 0 Å². The van der Waals surface area contributed by atoms with Crippen molar-refractivity contribution in [3.05, 3.63) is 51.3 Å². The quantitative estimate of drug-likeness (QED) is 0.104. The van der Waals surface area contributed by atoms with Crippen LogP contribution in [0.3, 0.4) is 0 Å². The minimum Gasteiger partial charge on any atom is -0.485 e. The first-order valence-electron chi connectivity index (χ1n) is 10.1. The predicted octanol–water partition coefficient (Wildman–Crippen LogP) is 3.85. The van der Waals surface area contributed by atoms with Gasteiger partial charge >= 0.3 is 19.6 Å². The molecule has 0 spiro atoms. The first-order valence-corrected chi connectivity index (χ1v) is 13.9. The van der Waals surface area contributed by atoms with Crippen LogP contribution in [-0.2, 0) is 27.5 Å². The molecule has 2 rings (SSSR count). The number of ether oxygens (including phenoxy) is 2. The topological polar surface area (TPSA) is 147 Å². The van der Waals surface area contributed by atoms with E-state index in [1.54, 1.807) is 19.1 Å². The molecule has 0 saturated carbocycles. The zero-order valence-electron chi connectivity index (χ0n) is 18.8. The van der Waals surface area contributed by atoms with Gasteiger partial charge in [-0.3, -0.25) is 9.09 Å². The van der Waals surface area contributed by atoms with E-state index < -0.39 is 24.7 Å². The summed E-state index contributed by atoms with van der Waals surface area (Å²) >= 11 is 6.57. The number of imidazole rings is 1. The highest BCUT2D eigenvalue weighted by molar-refractivity contribution is 9.09. The normalized spacial score (nSPS) is 12.4. The fourth-order valence-electron chi connectivity index (χ4n) is 2.88. The molecule has 2 aromatic rings. The van der Waals surface area contributed by atoms with E-state index in [-0.39, 0.29) is 23.9 Å². The molecule has 0 aliphatic carbocycles. The standard InChI is InChI=1S/C19H26Br2N5O7P/c1-13(33-34(30,23-8-6-20)24-9-7-21)14-4-5-17(16(10-14)18(27)31-3)32-12-15-11-22-19(25(15)2)26(28)29/h4-5,10-11,13H,6-9,12H2,1-3H3,(H2,23,24,30). The number of nitrogens with zero attached hydrogens (tertiary/aromatic N) is 3. The second-order valence-electron chi connectivity index (χ2n) is 6.89. The van der Waals surface area contributed by atoms with Crippen molar-refractivity contribution in [2.24, 2.45) is 7.05 Å². The number of hydrogen-bond acceptors (Lipinski definition) is 8. The molecule has 0 bridgehead atoms. The minimum absolute atomic E-state index is 0.0606. The molecule has 1 heterocycles. The van der Waals surface area contributed by atoms with Crippen molar-refractivity contribution < 1.29 is 28.3 Å². The molecule has 1 aromatic heterocycles. The van der Waals surface area contributed by atoms with Gasteiger partial charge in [-0.25, -0.2) is 19.5 Å². The molecule has 0 radical (unpaired) electrons. The van der Waals surface area contributed by atoms with E-state index >= 15 is 0 Å². The van der Waals surface area contributed by atoms with E-state index in [0.29, 0.717) is 35.0 Å². The molecule has 0 aliphatic rings. The van der Waals surface area contributed by atoms with Gasteiger partial charge in [-0.1, -0.05) is 42.9 Å². The fraction of sp³-hybridized carbons (Fsp3) is 0.474. The van der Waals surface area contributed by atoms with Gasteiger partial charge < -0.3 is 19.6 Å². The maximum atomic E-state index is 13.1. The van der Waals surface area contributed by atoms with Crippen LogP contribution in [0.1, 0.15) is 34.6 Å². The molecular formula is C19H26Br2N5O7P. The van der Waals surface area contributed by atoms with Crippen molar-refractivity contribution in [3.8, 4) is 5.75 Å². The molecule has 0 aliphatic heterocycles. The highest BCUT2D eigenvalue weighted by Crippen LogP contribution is 2.43. The maximum Gasteiger partial charge on any atom is 0.434 e. The smallest absolute Gasteiger partial charge is 0.434 e. The number of carbonyl (C=O) groups is 1. The van der Waals surface area contributed by atoms with Gasteiger partial charge in [-0.05, 0) is 29.5 Å². The molecular weight excluding hydrogens is 601 g/mol. The molecule has 0 saturated heterocycles. The number of aromatic nitrogens is 2. The number of benzene rings is 1. The van der Waals surface area contributed by atoms with Gasteiger partial charge in [0.05, 0.1) is 20.3 Å². The van der Waals surface area contributed by atoms with E-state index in [1.165, 1.54) is 31.0 Å². The number of carbonyl (C=O) groups excluding carboxylic acids is 1. The average Bonchev–Trinajstić information content (AvgIpc) is 3.20. The lowest BCUT2D eigenvalue weighted by Crippen LogP contribution is -2.27. The number of hydrogen-bond donors (Lipinski definition) is 2. The van der Waals surface area contributed by atoms with E-state index in [0.717, 1.165) is 0 Å². The SMILES string of the molecule is COC(=O)c1cc(C(C)OP(=O)(NCCBr)NCCBr)ccc1OCc1cnc([N+](=O)[O-])n1C. The molecule has 1 atom stereocenters. The van der Waals surface area contributed by atoms with Gasteiger partial charge in [0.15, 0.2) is 5.69 Å². The number of esters is 1. The number of nitro groups is 1. The summed E-state index contributed by atoms with van der Waals surface area (Å²) in [5, 5.41) is 17.9. The first kappa shape index (κ1) is 28.4. The van der Waals surface area contributed by atoms with Gasteiger partial charge in [0.1, 0.15) is 24.1 Å². The molecule has 2 N–H and O–H groups in total. The number of nitrogens with one attached hydrogen (secondary N) is 2. The third kappa shape index (κ3) is 7.59. The van der Waals surface area contributed by atoms with E-state index in [2.05, 4.69) is 47.0 Å². The van der Waals surface area contributed by atoms with Crippen LogP contribution in [-0.4, -0.2) is 51.3 Å². The Bertz CT molecular complexity index is 1040. The van der Waals surface area contributed by atoms with E-state index in [4.69, 9.17) is 14.0 Å². The Hall–Kier alpha value is -1.83. The first-order chi connectivity index (χ1) is 16.2. The van der Waals surface area contributed by atoms with E-state index in [9.17, 15) is 19.5 Å². The number of methoxy groups -OCH3 is 1. The van der Waals surface area contributed by atoms with Crippen LogP contribution in [0.5, 0.6) is 5.75 Å². The van der Waals surface area contributed by atoms with Crippen molar-refractivity contribution in [2.45, 2.75) is 19.6 Å². The summed E-state index contributed by atoms with van der Waals surface area (Å²) < 4.78 is 30.9. The van der Waals surface area contributed by atoms with Crippen molar-refractivity contribution in [3.63, 3.8) is 0 Å². The van der Waals surface area contributed by atoms with Crippen LogP contribution < -0.4 is 14.9 Å². The molecule has 0 fully saturated rings. The Morgan fingerprint density at radius 1 is 1.29 bits per heavy atom. The predicted molar refractivity (Wildman–Crippen MR) is 133 cm³/mol. The lowest BCUT2D eigenvalue weighted by molar-refractivity contribution is -0.396. The zero-order valence-corrected chi connectivity index (χ0v) is 22.9. The van der Waals surface area contributed by atoms with Crippen molar-refractivity contribution in [1.29, 1.82) is 0 Å². The summed E-state index contributed by atoms with van der Waals surface area (Å²) in [6.45, 7) is 2.50. The number of halogens is 2. The fourth-order valence-corrected chi connectivity index (χ4v) is 5.53. The van der Waals surface area contributed by atoms with Crippen molar-refractivity contribution in [2.75, 3.05) is 30.9 Å². The lowest BCUT2D eigenvalue weighted by Gasteiger charge is -2.24. The van der Waals surface area contributed by atoms with Crippen molar-refractivity contribution in [1.82, 2.24) is 19.7 Å². The molecule has 15 heteroatoms. The maximum absolute atomic E-state index is 13.1. The second-order valence-corrected chi connectivity index (χ2v) is 10.4. The summed E-state index contributed by atoms with van der Waals surface area (Å²) in [5.41, 5.74) is 1.15. The Morgan fingerprint density at radius 2 is 1.94 bits per heavy atom. The summed E-state index contributed by atoms with van der Waals surface area (Å²) in [6.07, 6.45) is 0.686. The Kier molecular flexibility index (Phi) is 11.1. The summed E-state index contributed by atoms with van der Waals surface area (Å²) in [4.78, 5) is 26.5. The van der Waals surface area contributed by atoms with Crippen LogP contribution in [0.4, 0.5) is 5.95 Å². The molecule has 1 unspecified atom stereocenters. The zero-order chi connectivity index (χ0) is 25.3. The average molecular weight is 627 g/mol. The van der Waals surface area contributed by atoms with Gasteiger partial charge in [0, 0.05) is 23.7 Å². The minimum atomic E-state index is -3.37. The molecule has 0 amide bonds. The van der Waals surface area contributed by atoms with Crippen LogP contribution in [0.25, 0.3) is 0 Å².